The van der Waals surface area contributed by atoms with Gasteiger partial charge < -0.3 is 15.6 Å². The summed E-state index contributed by atoms with van der Waals surface area (Å²) < 4.78 is 5.28. The van der Waals surface area contributed by atoms with Gasteiger partial charge in [0.1, 0.15) is 12.4 Å². The van der Waals surface area contributed by atoms with Crippen molar-refractivity contribution >= 4 is 17.6 Å². The zero-order valence-electron chi connectivity index (χ0n) is 8.73. The van der Waals surface area contributed by atoms with Gasteiger partial charge in [0.15, 0.2) is 0 Å². The zero-order chi connectivity index (χ0) is 12.0. The molecule has 0 fully saturated rings. The van der Waals surface area contributed by atoms with Crippen LogP contribution in [0.15, 0.2) is 24.3 Å². The van der Waals surface area contributed by atoms with Gasteiger partial charge in [0.25, 0.3) is 0 Å². The standard InChI is InChI=1S/C11H14ClNO3/c12-5-6-16-9-3-1-8(2-4-9)10(13)7-11(14)15/h1-4,10H,5-7,13H2,(H,14,15). The molecule has 88 valence electrons. The smallest absolute Gasteiger partial charge is 0.305 e. The summed E-state index contributed by atoms with van der Waals surface area (Å²) in [5.74, 6) is 0.224. The highest BCUT2D eigenvalue weighted by Crippen LogP contribution is 2.18. The molecule has 0 saturated heterocycles. The van der Waals surface area contributed by atoms with Gasteiger partial charge in [-0.05, 0) is 17.7 Å². The molecule has 5 heteroatoms. The molecule has 0 aliphatic heterocycles. The Labute approximate surface area is 99.0 Å². The quantitative estimate of drug-likeness (QED) is 0.747. The Balaban J connectivity index is 2.59. The predicted octanol–water partition coefficient (Wildman–Crippen LogP) is 1.78. The van der Waals surface area contributed by atoms with Gasteiger partial charge >= 0.3 is 5.97 Å². The third-order valence-electron chi connectivity index (χ3n) is 2.05. The molecule has 0 aliphatic rings. The van der Waals surface area contributed by atoms with Crippen molar-refractivity contribution in [1.82, 2.24) is 0 Å². The second-order valence-electron chi connectivity index (χ2n) is 3.31. The minimum Gasteiger partial charge on any atom is -0.492 e. The lowest BCUT2D eigenvalue weighted by atomic mass is 10.1. The normalized spacial score (nSPS) is 12.1. The van der Waals surface area contributed by atoms with Crippen molar-refractivity contribution in [2.24, 2.45) is 5.73 Å². The van der Waals surface area contributed by atoms with Crippen molar-refractivity contribution in [3.63, 3.8) is 0 Å². The van der Waals surface area contributed by atoms with Gasteiger partial charge in [-0.1, -0.05) is 12.1 Å². The van der Waals surface area contributed by atoms with Crippen molar-refractivity contribution in [2.45, 2.75) is 12.5 Å². The van der Waals surface area contributed by atoms with Crippen LogP contribution in [-0.4, -0.2) is 23.6 Å². The fraction of sp³-hybridized carbons (Fsp3) is 0.364. The van der Waals surface area contributed by atoms with Gasteiger partial charge in [-0.25, -0.2) is 0 Å². The lowest BCUT2D eigenvalue weighted by Gasteiger charge is -2.10. The van der Waals surface area contributed by atoms with E-state index in [0.717, 1.165) is 5.56 Å². The molecule has 0 radical (unpaired) electrons. The number of aliphatic carboxylic acids is 1. The Hall–Kier alpha value is -1.26. The second kappa shape index (κ2) is 6.35. The van der Waals surface area contributed by atoms with E-state index >= 15 is 0 Å². The molecule has 0 saturated carbocycles. The van der Waals surface area contributed by atoms with E-state index in [-0.39, 0.29) is 6.42 Å². The van der Waals surface area contributed by atoms with Gasteiger partial charge in [-0.2, -0.15) is 0 Å². The number of carboxylic acids is 1. The first-order valence-electron chi connectivity index (χ1n) is 4.89. The highest BCUT2D eigenvalue weighted by molar-refractivity contribution is 6.17. The number of rotatable bonds is 6. The van der Waals surface area contributed by atoms with E-state index in [1.54, 1.807) is 24.3 Å². The van der Waals surface area contributed by atoms with E-state index < -0.39 is 12.0 Å². The Kier molecular flexibility index (Phi) is 5.08. The minimum absolute atomic E-state index is 0.0815. The summed E-state index contributed by atoms with van der Waals surface area (Å²) in [6.45, 7) is 0.447. The number of alkyl halides is 1. The van der Waals surface area contributed by atoms with Crippen molar-refractivity contribution in [2.75, 3.05) is 12.5 Å². The number of carbonyl (C=O) groups is 1. The number of hydrogen-bond donors (Lipinski definition) is 2. The molecule has 1 atom stereocenters. The molecule has 0 heterocycles. The maximum absolute atomic E-state index is 10.5. The molecule has 0 amide bonds. The van der Waals surface area contributed by atoms with Gasteiger partial charge in [-0.15, -0.1) is 11.6 Å². The van der Waals surface area contributed by atoms with Gasteiger partial charge in [0.2, 0.25) is 0 Å². The van der Waals surface area contributed by atoms with E-state index in [2.05, 4.69) is 0 Å². The molecule has 4 nitrogen and oxygen atoms in total. The first-order chi connectivity index (χ1) is 7.63. The van der Waals surface area contributed by atoms with Crippen LogP contribution < -0.4 is 10.5 Å². The molecule has 1 rings (SSSR count). The third kappa shape index (κ3) is 4.08. The number of carboxylic acid groups (broad SMARTS) is 1. The van der Waals surface area contributed by atoms with Crippen LogP contribution in [0.3, 0.4) is 0 Å². The molecular formula is C11H14ClNO3. The van der Waals surface area contributed by atoms with Crippen LogP contribution in [-0.2, 0) is 4.79 Å². The Morgan fingerprint density at radius 1 is 1.44 bits per heavy atom. The van der Waals surface area contributed by atoms with Crippen molar-refractivity contribution < 1.29 is 14.6 Å². The highest BCUT2D eigenvalue weighted by atomic mass is 35.5. The molecule has 3 N–H and O–H groups in total. The number of benzene rings is 1. The van der Waals surface area contributed by atoms with Gasteiger partial charge in [0.05, 0.1) is 12.3 Å². The number of hydrogen-bond acceptors (Lipinski definition) is 3. The number of ether oxygens (including phenoxy) is 1. The highest BCUT2D eigenvalue weighted by Gasteiger charge is 2.10. The summed E-state index contributed by atoms with van der Waals surface area (Å²) in [5, 5.41) is 8.60. The van der Waals surface area contributed by atoms with E-state index in [1.807, 2.05) is 0 Å². The fourth-order valence-electron chi connectivity index (χ4n) is 1.27. The molecule has 0 spiro atoms. The second-order valence-corrected chi connectivity index (χ2v) is 3.69. The van der Waals surface area contributed by atoms with Crippen LogP contribution in [0.4, 0.5) is 0 Å². The summed E-state index contributed by atoms with van der Waals surface area (Å²) in [5.41, 5.74) is 6.48. The van der Waals surface area contributed by atoms with Crippen LogP contribution in [0.2, 0.25) is 0 Å². The van der Waals surface area contributed by atoms with Crippen molar-refractivity contribution in [1.29, 1.82) is 0 Å². The molecular weight excluding hydrogens is 230 g/mol. The minimum atomic E-state index is -0.907. The first kappa shape index (κ1) is 12.8. The fourth-order valence-corrected chi connectivity index (χ4v) is 1.35. The summed E-state index contributed by atoms with van der Waals surface area (Å²) in [4.78, 5) is 10.5. The Bertz CT molecular complexity index is 340. The van der Waals surface area contributed by atoms with Gasteiger partial charge in [0, 0.05) is 6.04 Å². The molecule has 1 unspecified atom stereocenters. The van der Waals surface area contributed by atoms with Crippen LogP contribution in [0.5, 0.6) is 5.75 Å². The van der Waals surface area contributed by atoms with E-state index in [9.17, 15) is 4.79 Å². The third-order valence-corrected chi connectivity index (χ3v) is 2.20. The maximum atomic E-state index is 10.5. The number of halogens is 1. The lowest BCUT2D eigenvalue weighted by molar-refractivity contribution is -0.137. The van der Waals surface area contributed by atoms with E-state index in [1.165, 1.54) is 0 Å². The average Bonchev–Trinajstić information content (AvgIpc) is 2.26. The lowest BCUT2D eigenvalue weighted by Crippen LogP contribution is -2.14. The summed E-state index contributed by atoms with van der Waals surface area (Å²) in [7, 11) is 0. The van der Waals surface area contributed by atoms with Crippen LogP contribution in [0, 0.1) is 0 Å². The summed E-state index contributed by atoms with van der Waals surface area (Å²) in [6.07, 6.45) is -0.0815. The summed E-state index contributed by atoms with van der Waals surface area (Å²) >= 11 is 5.48. The average molecular weight is 244 g/mol. The maximum Gasteiger partial charge on any atom is 0.305 e. The molecule has 1 aromatic rings. The summed E-state index contributed by atoms with van der Waals surface area (Å²) in [6, 6.07) is 6.54. The molecule has 16 heavy (non-hydrogen) atoms. The van der Waals surface area contributed by atoms with Crippen LogP contribution in [0.25, 0.3) is 0 Å². The molecule has 0 aliphatic carbocycles. The molecule has 0 aromatic heterocycles. The predicted molar refractivity (Wildman–Crippen MR) is 61.8 cm³/mol. The monoisotopic (exact) mass is 243 g/mol. The van der Waals surface area contributed by atoms with E-state index in [4.69, 9.17) is 27.2 Å². The first-order valence-corrected chi connectivity index (χ1v) is 5.43. The van der Waals surface area contributed by atoms with Crippen LogP contribution in [0.1, 0.15) is 18.0 Å². The van der Waals surface area contributed by atoms with Crippen molar-refractivity contribution in [3.05, 3.63) is 29.8 Å². The van der Waals surface area contributed by atoms with Crippen molar-refractivity contribution in [3.8, 4) is 5.75 Å². The topological polar surface area (TPSA) is 72.6 Å². The van der Waals surface area contributed by atoms with Gasteiger partial charge in [-0.3, -0.25) is 4.79 Å². The molecule has 0 bridgehead atoms. The SMILES string of the molecule is NC(CC(=O)O)c1ccc(OCCCl)cc1. The largest absolute Gasteiger partial charge is 0.492 e. The molecule has 1 aromatic carbocycles. The Morgan fingerprint density at radius 2 is 2.06 bits per heavy atom. The Morgan fingerprint density at radius 3 is 2.56 bits per heavy atom. The zero-order valence-corrected chi connectivity index (χ0v) is 9.48. The van der Waals surface area contributed by atoms with E-state index in [0.29, 0.717) is 18.2 Å². The number of nitrogens with two attached hydrogens (primary N) is 1. The van der Waals surface area contributed by atoms with Crippen LogP contribution >= 0.6 is 11.6 Å².